The van der Waals surface area contributed by atoms with E-state index >= 15 is 0 Å². The van der Waals surface area contributed by atoms with Crippen molar-refractivity contribution >= 4 is 17.2 Å². The Morgan fingerprint density at radius 3 is 2.95 bits per heavy atom. The fraction of sp³-hybridized carbons (Fsp3) is 0.750. The molecule has 0 radical (unpaired) electrons. The summed E-state index contributed by atoms with van der Waals surface area (Å²) in [6, 6.07) is 0.587. The smallest absolute Gasteiger partial charge is 0.239 e. The van der Waals surface area contributed by atoms with Gasteiger partial charge in [0.05, 0.1) is 17.6 Å². The number of hydrogen-bond acceptors (Lipinski definition) is 4. The van der Waals surface area contributed by atoms with Crippen molar-refractivity contribution in [3.8, 4) is 0 Å². The Bertz CT molecular complexity index is 501. The summed E-state index contributed by atoms with van der Waals surface area (Å²) in [6.07, 6.45) is 9.35. The quantitative estimate of drug-likeness (QED) is 0.934. The first-order valence-electron chi connectivity index (χ1n) is 8.06. The molecule has 4 nitrogen and oxygen atoms in total. The molecule has 2 heterocycles. The van der Waals surface area contributed by atoms with Crippen molar-refractivity contribution in [1.82, 2.24) is 15.2 Å². The number of thiazole rings is 1. The first kappa shape index (κ1) is 15.0. The largest absolute Gasteiger partial charge is 0.339 e. The summed E-state index contributed by atoms with van der Waals surface area (Å²) in [5.74, 6) is 1.04. The zero-order chi connectivity index (χ0) is 14.8. The second-order valence-corrected chi connectivity index (χ2v) is 7.81. The van der Waals surface area contributed by atoms with Crippen molar-refractivity contribution in [3.05, 3.63) is 16.1 Å². The van der Waals surface area contributed by atoms with Gasteiger partial charge in [-0.2, -0.15) is 0 Å². The molecule has 1 aliphatic heterocycles. The van der Waals surface area contributed by atoms with Gasteiger partial charge >= 0.3 is 0 Å². The Morgan fingerprint density at radius 2 is 2.19 bits per heavy atom. The number of aromatic nitrogens is 1. The third kappa shape index (κ3) is 3.46. The molecule has 2 aliphatic rings. The Labute approximate surface area is 130 Å². The summed E-state index contributed by atoms with van der Waals surface area (Å²) in [7, 11) is 1.91. The van der Waals surface area contributed by atoms with E-state index < -0.39 is 0 Å². The third-order valence-electron chi connectivity index (χ3n) is 4.89. The number of amides is 1. The van der Waals surface area contributed by atoms with Crippen LogP contribution in [0.15, 0.2) is 6.20 Å². The Morgan fingerprint density at radius 1 is 1.38 bits per heavy atom. The molecular weight excluding hydrogens is 282 g/mol. The molecule has 1 N–H and O–H groups in total. The minimum absolute atomic E-state index is 0.0170. The second-order valence-electron chi connectivity index (χ2n) is 6.49. The van der Waals surface area contributed by atoms with E-state index in [9.17, 15) is 4.79 Å². The van der Waals surface area contributed by atoms with Crippen LogP contribution in [0.3, 0.4) is 0 Å². The maximum Gasteiger partial charge on any atom is 0.239 e. The highest BCUT2D eigenvalue weighted by atomic mass is 32.1. The van der Waals surface area contributed by atoms with E-state index in [2.05, 4.69) is 10.3 Å². The van der Waals surface area contributed by atoms with E-state index in [1.165, 1.54) is 32.1 Å². The van der Waals surface area contributed by atoms with Gasteiger partial charge in [-0.05, 0) is 38.5 Å². The maximum absolute atomic E-state index is 12.6. The molecule has 3 atom stereocenters. The molecule has 1 saturated heterocycles. The van der Waals surface area contributed by atoms with Crippen LogP contribution in [-0.2, 0) is 11.3 Å². The Hall–Kier alpha value is -0.940. The monoisotopic (exact) mass is 307 g/mol. The fourth-order valence-corrected chi connectivity index (χ4v) is 4.59. The van der Waals surface area contributed by atoms with Crippen LogP contribution in [0.25, 0.3) is 0 Å². The predicted octanol–water partition coefficient (Wildman–Crippen LogP) is 2.72. The van der Waals surface area contributed by atoms with Gasteiger partial charge in [0.2, 0.25) is 5.91 Å². The van der Waals surface area contributed by atoms with Gasteiger partial charge in [-0.3, -0.25) is 4.79 Å². The van der Waals surface area contributed by atoms with Crippen LogP contribution in [0.5, 0.6) is 0 Å². The molecule has 2 fully saturated rings. The number of aryl methyl sites for hydroxylation is 1. The fourth-order valence-electron chi connectivity index (χ4n) is 3.75. The lowest BCUT2D eigenvalue weighted by Gasteiger charge is -2.40. The zero-order valence-corrected chi connectivity index (χ0v) is 13.8. The van der Waals surface area contributed by atoms with Crippen LogP contribution in [0.1, 0.15) is 48.4 Å². The number of rotatable bonds is 3. The zero-order valence-electron chi connectivity index (χ0n) is 13.0. The van der Waals surface area contributed by atoms with Crippen molar-refractivity contribution < 1.29 is 4.79 Å². The molecule has 1 aromatic rings. The minimum atomic E-state index is 0.0170. The second kappa shape index (κ2) is 6.44. The Kier molecular flexibility index (Phi) is 4.60. The van der Waals surface area contributed by atoms with Gasteiger partial charge in [0, 0.05) is 24.2 Å². The van der Waals surface area contributed by atoms with Crippen molar-refractivity contribution in [2.75, 3.05) is 7.05 Å². The van der Waals surface area contributed by atoms with E-state index in [1.807, 2.05) is 25.1 Å². The van der Waals surface area contributed by atoms with Crippen LogP contribution >= 0.6 is 11.3 Å². The van der Waals surface area contributed by atoms with Crippen LogP contribution in [0.2, 0.25) is 0 Å². The molecule has 1 aliphatic carbocycles. The van der Waals surface area contributed by atoms with Crippen LogP contribution in [-0.4, -0.2) is 34.9 Å². The minimum Gasteiger partial charge on any atom is -0.339 e. The number of carbonyl (C=O) groups excluding carboxylic acids is 1. The number of likely N-dealkylation sites (N-methyl/N-ethyl adjacent to an activating group) is 1. The molecule has 0 aromatic carbocycles. The van der Waals surface area contributed by atoms with E-state index in [-0.39, 0.29) is 11.9 Å². The number of fused-ring (bicyclic) bond motifs is 1. The number of nitrogens with zero attached hydrogens (tertiary/aromatic N) is 2. The average molecular weight is 307 g/mol. The molecular formula is C16H25N3OS. The highest BCUT2D eigenvalue weighted by Gasteiger charge is 2.35. The summed E-state index contributed by atoms with van der Waals surface area (Å²) in [4.78, 5) is 19.9. The first-order valence-corrected chi connectivity index (χ1v) is 8.87. The molecule has 3 unspecified atom stereocenters. The van der Waals surface area contributed by atoms with Gasteiger partial charge in [0.1, 0.15) is 0 Å². The highest BCUT2D eigenvalue weighted by molar-refractivity contribution is 7.11. The normalized spacial score (nSPS) is 29.0. The summed E-state index contributed by atoms with van der Waals surface area (Å²) < 4.78 is 0. The van der Waals surface area contributed by atoms with Gasteiger partial charge in [-0.1, -0.05) is 12.8 Å². The maximum atomic E-state index is 12.6. The lowest BCUT2D eigenvalue weighted by Crippen LogP contribution is -2.55. The summed E-state index contributed by atoms with van der Waals surface area (Å²) in [5, 5.41) is 4.69. The standard InChI is InChI=1S/C16H25N3OS/c1-11-17-9-13(21-11)10-19(2)16(20)15-8-7-12-5-3-4-6-14(12)18-15/h9,12,14-15,18H,3-8,10H2,1-2H3. The SMILES string of the molecule is Cc1ncc(CN(C)C(=O)C2CCC3CCCCC3N2)s1. The molecule has 1 aromatic heterocycles. The van der Waals surface area contributed by atoms with E-state index in [1.54, 1.807) is 11.3 Å². The van der Waals surface area contributed by atoms with E-state index in [0.717, 1.165) is 22.2 Å². The molecule has 1 amide bonds. The molecule has 5 heteroatoms. The third-order valence-corrected chi connectivity index (χ3v) is 5.78. The van der Waals surface area contributed by atoms with E-state index in [4.69, 9.17) is 0 Å². The molecule has 0 spiro atoms. The average Bonchev–Trinajstić information content (AvgIpc) is 2.91. The van der Waals surface area contributed by atoms with E-state index in [0.29, 0.717) is 12.6 Å². The number of carbonyl (C=O) groups is 1. The van der Waals surface area contributed by atoms with Gasteiger partial charge in [-0.25, -0.2) is 4.98 Å². The van der Waals surface area contributed by atoms with Crippen molar-refractivity contribution in [1.29, 1.82) is 0 Å². The Balaban J connectivity index is 1.57. The lowest BCUT2D eigenvalue weighted by atomic mass is 9.77. The number of nitrogens with one attached hydrogen (secondary N) is 1. The van der Waals surface area contributed by atoms with Crippen molar-refractivity contribution in [2.24, 2.45) is 5.92 Å². The van der Waals surface area contributed by atoms with Gasteiger partial charge in [0.25, 0.3) is 0 Å². The molecule has 3 rings (SSSR count). The first-order chi connectivity index (χ1) is 10.1. The molecule has 0 bridgehead atoms. The van der Waals surface area contributed by atoms with Crippen molar-refractivity contribution in [3.63, 3.8) is 0 Å². The predicted molar refractivity (Wildman–Crippen MR) is 85.2 cm³/mol. The van der Waals surface area contributed by atoms with Crippen LogP contribution < -0.4 is 5.32 Å². The topological polar surface area (TPSA) is 45.2 Å². The van der Waals surface area contributed by atoms with Gasteiger partial charge in [-0.15, -0.1) is 11.3 Å². The molecule has 116 valence electrons. The van der Waals surface area contributed by atoms with Crippen molar-refractivity contribution in [2.45, 2.75) is 64.1 Å². The lowest BCUT2D eigenvalue weighted by molar-refractivity contribution is -0.134. The van der Waals surface area contributed by atoms with Crippen LogP contribution in [0.4, 0.5) is 0 Å². The summed E-state index contributed by atoms with van der Waals surface area (Å²) in [5.41, 5.74) is 0. The number of piperidine rings is 1. The highest BCUT2D eigenvalue weighted by Crippen LogP contribution is 2.32. The van der Waals surface area contributed by atoms with Gasteiger partial charge in [0.15, 0.2) is 0 Å². The van der Waals surface area contributed by atoms with Gasteiger partial charge < -0.3 is 10.2 Å². The molecule has 1 saturated carbocycles. The van der Waals surface area contributed by atoms with Crippen LogP contribution in [0, 0.1) is 12.8 Å². The molecule has 21 heavy (non-hydrogen) atoms. The summed E-state index contributed by atoms with van der Waals surface area (Å²) >= 11 is 1.67. The summed E-state index contributed by atoms with van der Waals surface area (Å²) in [6.45, 7) is 2.68. The number of hydrogen-bond donors (Lipinski definition) is 1.